The van der Waals surface area contributed by atoms with Gasteiger partial charge < -0.3 is 10.5 Å². The third-order valence-corrected chi connectivity index (χ3v) is 4.66. The molecule has 1 aliphatic rings. The van der Waals surface area contributed by atoms with Crippen LogP contribution in [0.4, 0.5) is 0 Å². The molecule has 118 valence electrons. The van der Waals surface area contributed by atoms with Gasteiger partial charge in [-0.15, -0.1) is 0 Å². The number of hydrogen-bond donors (Lipinski definition) is 1. The summed E-state index contributed by atoms with van der Waals surface area (Å²) in [4.78, 5) is 9.50. The molecule has 0 bridgehead atoms. The van der Waals surface area contributed by atoms with Gasteiger partial charge in [0, 0.05) is 31.0 Å². The molecule has 1 aliphatic carbocycles. The first-order valence-electron chi connectivity index (χ1n) is 8.15. The van der Waals surface area contributed by atoms with Crippen LogP contribution in [0.25, 0.3) is 0 Å². The highest BCUT2D eigenvalue weighted by Gasteiger charge is 2.39. The monoisotopic (exact) mass is 291 g/mol. The second-order valence-electron chi connectivity index (χ2n) is 6.60. The summed E-state index contributed by atoms with van der Waals surface area (Å²) in [5.41, 5.74) is 7.82. The summed E-state index contributed by atoms with van der Waals surface area (Å²) < 4.78 is 5.92. The predicted molar refractivity (Wildman–Crippen MR) is 85.1 cm³/mol. The molecule has 0 aromatic carbocycles. The molecule has 1 aromatic heterocycles. The molecule has 0 spiro atoms. The van der Waals surface area contributed by atoms with Crippen LogP contribution in [0.5, 0.6) is 0 Å². The van der Waals surface area contributed by atoms with Crippen LogP contribution < -0.4 is 5.73 Å². The summed E-state index contributed by atoms with van der Waals surface area (Å²) in [5, 5.41) is 0. The highest BCUT2D eigenvalue weighted by atomic mass is 16.5. The molecule has 1 fully saturated rings. The van der Waals surface area contributed by atoms with E-state index in [1.165, 1.54) is 12.8 Å². The van der Waals surface area contributed by atoms with Gasteiger partial charge in [0.05, 0.1) is 0 Å². The summed E-state index contributed by atoms with van der Waals surface area (Å²) in [5.74, 6) is 1.51. The molecule has 3 atom stereocenters. The molecule has 2 N–H and O–H groups in total. The normalized spacial score (nSPS) is 27.6. The number of nitrogens with zero attached hydrogens (tertiary/aromatic N) is 2. The average molecular weight is 291 g/mol. The first kappa shape index (κ1) is 16.4. The van der Waals surface area contributed by atoms with Crippen LogP contribution in [-0.4, -0.2) is 23.1 Å². The number of nitrogens with two attached hydrogens (primary N) is 1. The molecule has 0 aliphatic heterocycles. The van der Waals surface area contributed by atoms with Crippen LogP contribution in [0.1, 0.15) is 63.2 Å². The Labute approximate surface area is 128 Å². The molecule has 1 aromatic rings. The summed E-state index contributed by atoms with van der Waals surface area (Å²) in [7, 11) is 1.79. The maximum atomic E-state index is 6.08. The second kappa shape index (κ2) is 6.84. The fraction of sp³-hybridized carbons (Fsp3) is 0.765. The minimum absolute atomic E-state index is 0.163. The van der Waals surface area contributed by atoms with Crippen molar-refractivity contribution in [3.63, 3.8) is 0 Å². The summed E-state index contributed by atoms with van der Waals surface area (Å²) in [6.45, 7) is 6.43. The molecule has 21 heavy (non-hydrogen) atoms. The lowest BCUT2D eigenvalue weighted by Crippen LogP contribution is -2.36. The van der Waals surface area contributed by atoms with Gasteiger partial charge >= 0.3 is 0 Å². The van der Waals surface area contributed by atoms with Crippen LogP contribution in [0.2, 0.25) is 0 Å². The summed E-state index contributed by atoms with van der Waals surface area (Å²) in [6.07, 6.45) is 6.23. The highest BCUT2D eigenvalue weighted by Crippen LogP contribution is 2.41. The van der Waals surface area contributed by atoms with E-state index in [1.54, 1.807) is 7.11 Å². The molecule has 4 nitrogen and oxygen atoms in total. The van der Waals surface area contributed by atoms with Crippen LogP contribution >= 0.6 is 0 Å². The Morgan fingerprint density at radius 3 is 2.86 bits per heavy atom. The Bertz CT molecular complexity index is 477. The zero-order valence-electron chi connectivity index (χ0n) is 13.9. The number of rotatable bonds is 5. The molecule has 4 heteroatoms. The lowest BCUT2D eigenvalue weighted by atomic mass is 9.78. The first-order chi connectivity index (χ1) is 9.99. The van der Waals surface area contributed by atoms with E-state index < -0.39 is 0 Å². The van der Waals surface area contributed by atoms with E-state index >= 15 is 0 Å². The molecule has 1 saturated carbocycles. The fourth-order valence-electron chi connectivity index (χ4n) is 3.34. The van der Waals surface area contributed by atoms with Crippen molar-refractivity contribution in [2.24, 2.45) is 11.7 Å². The van der Waals surface area contributed by atoms with Gasteiger partial charge in [0.15, 0.2) is 5.82 Å². The van der Waals surface area contributed by atoms with Crippen molar-refractivity contribution in [3.8, 4) is 0 Å². The van der Waals surface area contributed by atoms with E-state index in [2.05, 4.69) is 19.9 Å². The lowest BCUT2D eigenvalue weighted by Gasteiger charge is -2.37. The van der Waals surface area contributed by atoms with Crippen LogP contribution in [0, 0.1) is 12.8 Å². The van der Waals surface area contributed by atoms with E-state index in [0.29, 0.717) is 5.92 Å². The van der Waals surface area contributed by atoms with Crippen LogP contribution in [0.3, 0.4) is 0 Å². The molecule has 0 radical (unpaired) electrons. The van der Waals surface area contributed by atoms with Crippen molar-refractivity contribution in [2.75, 3.05) is 7.11 Å². The summed E-state index contributed by atoms with van der Waals surface area (Å²) >= 11 is 0. The Kier molecular flexibility index (Phi) is 5.33. The minimum Gasteiger partial charge on any atom is -0.370 e. The van der Waals surface area contributed by atoms with Gasteiger partial charge in [-0.05, 0) is 44.6 Å². The molecule has 0 saturated heterocycles. The number of aromatic nitrogens is 2. The van der Waals surface area contributed by atoms with E-state index in [1.807, 2.05) is 6.92 Å². The van der Waals surface area contributed by atoms with Gasteiger partial charge in [-0.25, -0.2) is 9.97 Å². The predicted octanol–water partition coefficient (Wildman–Crippen LogP) is 3.12. The van der Waals surface area contributed by atoms with Gasteiger partial charge in [0.1, 0.15) is 5.60 Å². The number of hydrogen-bond acceptors (Lipinski definition) is 4. The van der Waals surface area contributed by atoms with E-state index in [9.17, 15) is 0 Å². The van der Waals surface area contributed by atoms with Crippen molar-refractivity contribution in [2.45, 2.75) is 70.9 Å². The largest absolute Gasteiger partial charge is 0.370 e. The first-order valence-corrected chi connectivity index (χ1v) is 8.15. The van der Waals surface area contributed by atoms with Crippen molar-refractivity contribution < 1.29 is 4.74 Å². The van der Waals surface area contributed by atoms with Crippen molar-refractivity contribution in [3.05, 3.63) is 23.3 Å². The smallest absolute Gasteiger partial charge is 0.160 e. The van der Waals surface area contributed by atoms with Gasteiger partial charge in [-0.1, -0.05) is 20.3 Å². The maximum Gasteiger partial charge on any atom is 0.160 e. The third kappa shape index (κ3) is 3.80. The Morgan fingerprint density at radius 1 is 1.48 bits per heavy atom. The SMILES string of the molecule is CCC(N)Cc1cc(C)nc(C2(OC)CCCC(C)C2)n1. The highest BCUT2D eigenvalue weighted by molar-refractivity contribution is 5.16. The Morgan fingerprint density at radius 2 is 2.24 bits per heavy atom. The van der Waals surface area contributed by atoms with Crippen molar-refractivity contribution >= 4 is 0 Å². The minimum atomic E-state index is -0.311. The van der Waals surface area contributed by atoms with E-state index in [0.717, 1.165) is 42.9 Å². The fourth-order valence-corrected chi connectivity index (χ4v) is 3.34. The average Bonchev–Trinajstić information content (AvgIpc) is 2.46. The standard InChI is InChI=1S/C17H29N3O/c1-5-14(18)10-15-9-13(3)19-16(20-15)17(21-4)8-6-7-12(2)11-17/h9,12,14H,5-8,10-11,18H2,1-4H3. The maximum absolute atomic E-state index is 6.08. The number of aryl methyl sites for hydroxylation is 1. The molecule has 1 heterocycles. The molecule has 0 amide bonds. The molecular formula is C17H29N3O. The summed E-state index contributed by atoms with van der Waals surface area (Å²) in [6, 6.07) is 2.21. The third-order valence-electron chi connectivity index (χ3n) is 4.66. The van der Waals surface area contributed by atoms with Gasteiger partial charge in [-0.2, -0.15) is 0 Å². The molecule has 2 rings (SSSR count). The quantitative estimate of drug-likeness (QED) is 0.905. The zero-order chi connectivity index (χ0) is 15.5. The second-order valence-corrected chi connectivity index (χ2v) is 6.60. The van der Waals surface area contributed by atoms with E-state index in [4.69, 9.17) is 20.4 Å². The number of methoxy groups -OCH3 is 1. The van der Waals surface area contributed by atoms with Crippen LogP contribution in [0.15, 0.2) is 6.07 Å². The lowest BCUT2D eigenvalue weighted by molar-refractivity contribution is -0.0648. The Balaban J connectivity index is 2.32. The van der Waals surface area contributed by atoms with Crippen molar-refractivity contribution in [1.29, 1.82) is 0 Å². The van der Waals surface area contributed by atoms with E-state index in [-0.39, 0.29) is 11.6 Å². The van der Waals surface area contributed by atoms with Gasteiger partial charge in [-0.3, -0.25) is 0 Å². The van der Waals surface area contributed by atoms with Gasteiger partial charge in [0.2, 0.25) is 0 Å². The molecule has 3 unspecified atom stereocenters. The van der Waals surface area contributed by atoms with Crippen LogP contribution in [-0.2, 0) is 16.8 Å². The molecular weight excluding hydrogens is 262 g/mol. The topological polar surface area (TPSA) is 61.0 Å². The van der Waals surface area contributed by atoms with Crippen molar-refractivity contribution in [1.82, 2.24) is 9.97 Å². The Hall–Kier alpha value is -1.00. The van der Waals surface area contributed by atoms with Gasteiger partial charge in [0.25, 0.3) is 0 Å². The zero-order valence-corrected chi connectivity index (χ0v) is 13.9. The number of ether oxygens (including phenoxy) is 1.